The Hall–Kier alpha value is -3.08. The summed E-state index contributed by atoms with van der Waals surface area (Å²) in [6.07, 6.45) is 3.03. The number of ether oxygens (including phenoxy) is 2. The third-order valence-corrected chi connectivity index (χ3v) is 3.14. The van der Waals surface area contributed by atoms with Crippen LogP contribution < -0.4 is 10.1 Å². The van der Waals surface area contributed by atoms with E-state index in [1.54, 1.807) is 37.5 Å². The number of carbonyl (C=O) groups is 2. The Morgan fingerprint density at radius 1 is 1.00 bits per heavy atom. The SMILES string of the molecule is COC(=O)c1ccccc1NC(=O)/C=C/c1ccccc1OC. The first kappa shape index (κ1) is 16.3. The fraction of sp³-hybridized carbons (Fsp3) is 0.111. The number of benzene rings is 2. The van der Waals surface area contributed by atoms with Crippen molar-refractivity contribution in [2.45, 2.75) is 0 Å². The molecule has 23 heavy (non-hydrogen) atoms. The predicted molar refractivity (Wildman–Crippen MR) is 88.4 cm³/mol. The average Bonchev–Trinajstić information content (AvgIpc) is 2.60. The van der Waals surface area contributed by atoms with Gasteiger partial charge in [-0.2, -0.15) is 0 Å². The minimum Gasteiger partial charge on any atom is -0.496 e. The fourth-order valence-corrected chi connectivity index (χ4v) is 2.02. The molecule has 0 aliphatic rings. The van der Waals surface area contributed by atoms with Crippen molar-refractivity contribution < 1.29 is 19.1 Å². The predicted octanol–water partition coefficient (Wildman–Crippen LogP) is 3.13. The maximum atomic E-state index is 12.1. The molecule has 0 saturated heterocycles. The molecule has 0 unspecified atom stereocenters. The zero-order valence-electron chi connectivity index (χ0n) is 12.9. The topological polar surface area (TPSA) is 64.6 Å². The van der Waals surface area contributed by atoms with Crippen molar-refractivity contribution >= 4 is 23.6 Å². The summed E-state index contributed by atoms with van der Waals surface area (Å²) in [4.78, 5) is 23.7. The number of rotatable bonds is 5. The van der Waals surface area contributed by atoms with Gasteiger partial charge < -0.3 is 14.8 Å². The molecule has 2 aromatic rings. The van der Waals surface area contributed by atoms with Crippen LogP contribution in [0.25, 0.3) is 6.08 Å². The van der Waals surface area contributed by atoms with Gasteiger partial charge in [-0.1, -0.05) is 30.3 Å². The maximum absolute atomic E-state index is 12.1. The van der Waals surface area contributed by atoms with E-state index in [4.69, 9.17) is 9.47 Å². The Bertz CT molecular complexity index is 737. The number of carbonyl (C=O) groups excluding carboxylic acids is 2. The average molecular weight is 311 g/mol. The molecule has 0 aromatic heterocycles. The van der Waals surface area contributed by atoms with E-state index >= 15 is 0 Å². The summed E-state index contributed by atoms with van der Waals surface area (Å²) < 4.78 is 9.91. The Morgan fingerprint density at radius 3 is 2.43 bits per heavy atom. The minimum absolute atomic E-state index is 0.300. The van der Waals surface area contributed by atoms with Gasteiger partial charge in [-0.3, -0.25) is 4.79 Å². The highest BCUT2D eigenvalue weighted by atomic mass is 16.5. The summed E-state index contributed by atoms with van der Waals surface area (Å²) in [5.74, 6) is -0.187. The molecule has 2 rings (SSSR count). The van der Waals surface area contributed by atoms with Gasteiger partial charge in [-0.05, 0) is 24.3 Å². The standard InChI is InChI=1S/C18H17NO4/c1-22-16-10-6-3-7-13(16)11-12-17(20)19-15-9-5-4-8-14(15)18(21)23-2/h3-12H,1-2H3,(H,19,20)/b12-11+. The molecule has 0 aliphatic carbocycles. The van der Waals surface area contributed by atoms with Gasteiger partial charge in [0.15, 0.2) is 0 Å². The van der Waals surface area contributed by atoms with Gasteiger partial charge in [0.2, 0.25) is 5.91 Å². The highest BCUT2D eigenvalue weighted by Crippen LogP contribution is 2.19. The summed E-state index contributed by atoms with van der Waals surface area (Å²) in [5.41, 5.74) is 1.48. The van der Waals surface area contributed by atoms with Gasteiger partial charge in [-0.25, -0.2) is 4.79 Å². The number of anilines is 1. The van der Waals surface area contributed by atoms with E-state index in [-0.39, 0.29) is 5.91 Å². The van der Waals surface area contributed by atoms with Crippen LogP contribution in [-0.2, 0) is 9.53 Å². The smallest absolute Gasteiger partial charge is 0.339 e. The molecule has 0 saturated carbocycles. The second-order valence-corrected chi connectivity index (χ2v) is 4.60. The largest absolute Gasteiger partial charge is 0.496 e. The molecule has 0 radical (unpaired) electrons. The van der Waals surface area contributed by atoms with E-state index in [2.05, 4.69) is 5.32 Å². The van der Waals surface area contributed by atoms with Crippen molar-refractivity contribution in [3.05, 3.63) is 65.7 Å². The Morgan fingerprint density at radius 2 is 1.70 bits per heavy atom. The molecule has 5 heteroatoms. The number of methoxy groups -OCH3 is 2. The first-order valence-corrected chi connectivity index (χ1v) is 6.95. The van der Waals surface area contributed by atoms with Gasteiger partial charge in [0, 0.05) is 11.6 Å². The van der Waals surface area contributed by atoms with Crippen LogP contribution in [0.3, 0.4) is 0 Å². The van der Waals surface area contributed by atoms with E-state index in [9.17, 15) is 9.59 Å². The van der Waals surface area contributed by atoms with Crippen LogP contribution >= 0.6 is 0 Å². The van der Waals surface area contributed by atoms with E-state index in [1.165, 1.54) is 13.2 Å². The zero-order chi connectivity index (χ0) is 16.7. The number of amides is 1. The third-order valence-electron chi connectivity index (χ3n) is 3.14. The number of hydrogen-bond donors (Lipinski definition) is 1. The molecule has 0 fully saturated rings. The highest BCUT2D eigenvalue weighted by Gasteiger charge is 2.12. The molecular weight excluding hydrogens is 294 g/mol. The summed E-state index contributed by atoms with van der Waals surface area (Å²) in [6.45, 7) is 0. The Labute approximate surface area is 134 Å². The van der Waals surface area contributed by atoms with Crippen molar-refractivity contribution in [1.29, 1.82) is 0 Å². The van der Waals surface area contributed by atoms with Crippen molar-refractivity contribution in [3.63, 3.8) is 0 Å². The molecule has 0 atom stereocenters. The minimum atomic E-state index is -0.505. The van der Waals surface area contributed by atoms with Crippen LogP contribution in [-0.4, -0.2) is 26.1 Å². The molecule has 118 valence electrons. The first-order valence-electron chi connectivity index (χ1n) is 6.95. The lowest BCUT2D eigenvalue weighted by Crippen LogP contribution is -2.12. The van der Waals surface area contributed by atoms with Gasteiger partial charge in [0.25, 0.3) is 0 Å². The third kappa shape index (κ3) is 4.20. The van der Waals surface area contributed by atoms with Crippen LogP contribution in [0.1, 0.15) is 15.9 Å². The van der Waals surface area contributed by atoms with Crippen molar-refractivity contribution in [2.24, 2.45) is 0 Å². The quantitative estimate of drug-likeness (QED) is 0.680. The molecule has 1 N–H and O–H groups in total. The molecule has 0 aliphatic heterocycles. The molecule has 0 bridgehead atoms. The van der Waals surface area contributed by atoms with Crippen LogP contribution in [0.5, 0.6) is 5.75 Å². The van der Waals surface area contributed by atoms with Gasteiger partial charge >= 0.3 is 5.97 Å². The fourth-order valence-electron chi connectivity index (χ4n) is 2.02. The molecule has 0 spiro atoms. The normalized spacial score (nSPS) is 10.3. The highest BCUT2D eigenvalue weighted by molar-refractivity contribution is 6.06. The second-order valence-electron chi connectivity index (χ2n) is 4.60. The lowest BCUT2D eigenvalue weighted by molar-refractivity contribution is -0.111. The van der Waals surface area contributed by atoms with E-state index in [1.807, 2.05) is 24.3 Å². The van der Waals surface area contributed by atoms with Crippen molar-refractivity contribution in [3.8, 4) is 5.75 Å². The number of para-hydroxylation sites is 2. The Kier molecular flexibility index (Phi) is 5.52. The van der Waals surface area contributed by atoms with Crippen LogP contribution in [0.4, 0.5) is 5.69 Å². The first-order chi connectivity index (χ1) is 11.2. The summed E-state index contributed by atoms with van der Waals surface area (Å²) in [6, 6.07) is 14.0. The lowest BCUT2D eigenvalue weighted by atomic mass is 10.1. The van der Waals surface area contributed by atoms with E-state index in [0.717, 1.165) is 5.56 Å². The zero-order valence-corrected chi connectivity index (χ0v) is 12.9. The van der Waals surface area contributed by atoms with Gasteiger partial charge in [-0.15, -0.1) is 0 Å². The van der Waals surface area contributed by atoms with Crippen LogP contribution in [0.15, 0.2) is 54.6 Å². The number of hydrogen-bond acceptors (Lipinski definition) is 4. The maximum Gasteiger partial charge on any atom is 0.339 e. The number of esters is 1. The summed E-state index contributed by atoms with van der Waals surface area (Å²) >= 11 is 0. The van der Waals surface area contributed by atoms with Gasteiger partial charge in [0.1, 0.15) is 5.75 Å². The molecule has 1 amide bonds. The lowest BCUT2D eigenvalue weighted by Gasteiger charge is -2.08. The summed E-state index contributed by atoms with van der Waals surface area (Å²) in [7, 11) is 2.86. The van der Waals surface area contributed by atoms with E-state index < -0.39 is 5.97 Å². The van der Waals surface area contributed by atoms with Gasteiger partial charge in [0.05, 0.1) is 25.5 Å². The van der Waals surface area contributed by atoms with Crippen LogP contribution in [0.2, 0.25) is 0 Å². The molecule has 5 nitrogen and oxygen atoms in total. The molecule has 2 aromatic carbocycles. The van der Waals surface area contributed by atoms with Crippen molar-refractivity contribution in [2.75, 3.05) is 19.5 Å². The van der Waals surface area contributed by atoms with Crippen LogP contribution in [0, 0.1) is 0 Å². The number of nitrogens with one attached hydrogen (secondary N) is 1. The van der Waals surface area contributed by atoms with E-state index in [0.29, 0.717) is 17.0 Å². The Balaban J connectivity index is 2.14. The summed E-state index contributed by atoms with van der Waals surface area (Å²) in [5, 5.41) is 2.67. The second kappa shape index (κ2) is 7.79. The monoisotopic (exact) mass is 311 g/mol. The molecular formula is C18H17NO4. The molecule has 0 heterocycles. The van der Waals surface area contributed by atoms with Crippen molar-refractivity contribution in [1.82, 2.24) is 0 Å².